The van der Waals surface area contributed by atoms with Gasteiger partial charge in [0.1, 0.15) is 11.9 Å². The zero-order valence-electron chi connectivity index (χ0n) is 20.0. The number of amides is 3. The highest BCUT2D eigenvalue weighted by atomic mass is 19.1. The molecule has 1 unspecified atom stereocenters. The molecule has 0 bridgehead atoms. The molecule has 0 aliphatic carbocycles. The minimum absolute atomic E-state index is 0.211. The zero-order valence-corrected chi connectivity index (χ0v) is 20.0. The van der Waals surface area contributed by atoms with Crippen LogP contribution in [-0.2, 0) is 16.1 Å². The largest absolute Gasteiger partial charge is 0.481 e. The van der Waals surface area contributed by atoms with Gasteiger partial charge in [-0.15, -0.1) is 5.11 Å². The number of carboxylic acids is 2. The molecule has 0 aliphatic heterocycles. The fourth-order valence-corrected chi connectivity index (χ4v) is 3.03. The number of urea groups is 1. The van der Waals surface area contributed by atoms with E-state index in [4.69, 9.17) is 10.2 Å². The van der Waals surface area contributed by atoms with E-state index in [0.29, 0.717) is 43.7 Å². The Morgan fingerprint density at radius 2 is 1.65 bits per heavy atom. The molecule has 2 aromatic rings. The lowest BCUT2D eigenvalue weighted by molar-refractivity contribution is -0.140. The summed E-state index contributed by atoms with van der Waals surface area (Å²) in [4.78, 5) is 49.7. The molecule has 0 fully saturated rings. The Kier molecular flexibility index (Phi) is 12.1. The van der Waals surface area contributed by atoms with Crippen LogP contribution in [-0.4, -0.2) is 58.2 Å². The maximum absolute atomic E-state index is 12.9. The number of nitrogens with zero attached hydrogens (tertiary/aromatic N) is 3. The summed E-state index contributed by atoms with van der Waals surface area (Å²) in [5.74, 6) is -2.72. The van der Waals surface area contributed by atoms with E-state index >= 15 is 0 Å². The van der Waals surface area contributed by atoms with Crippen LogP contribution in [0.4, 0.5) is 15.0 Å². The molecule has 0 aliphatic rings. The van der Waals surface area contributed by atoms with Gasteiger partial charge in [-0.1, -0.05) is 12.1 Å². The summed E-state index contributed by atoms with van der Waals surface area (Å²) in [6.45, 7) is 0.993. The van der Waals surface area contributed by atoms with Crippen LogP contribution in [0.25, 0.3) is 0 Å². The first-order valence-electron chi connectivity index (χ1n) is 11.6. The highest BCUT2D eigenvalue weighted by molar-refractivity contribution is 5.93. The summed E-state index contributed by atoms with van der Waals surface area (Å²) in [6.07, 6.45) is 2.78. The summed E-state index contributed by atoms with van der Waals surface area (Å²) < 4.78 is 12.9. The number of benzene rings is 1. The van der Waals surface area contributed by atoms with Gasteiger partial charge in [0.25, 0.3) is 5.91 Å². The van der Waals surface area contributed by atoms with Gasteiger partial charge in [-0.2, -0.15) is 5.11 Å². The molecule has 198 valence electrons. The standard InChI is InChI=1S/C24H29FN6O6/c25-18-7-4-16(5-8-18)14-29-31-20-10-6-17(15-28-20)22(34)26-12-2-1-3-13-27-24(37)30-19(23(35)36)9-11-21(32)33/h4-8,10,15,19H,1-3,9,11-14H2,(H,26,34)(H,32,33)(H,35,36)(H2,27,30,37). The minimum Gasteiger partial charge on any atom is -0.481 e. The van der Waals surface area contributed by atoms with Crippen LogP contribution >= 0.6 is 0 Å². The lowest BCUT2D eigenvalue weighted by atomic mass is 10.1. The minimum atomic E-state index is -1.30. The second-order valence-electron chi connectivity index (χ2n) is 7.97. The SMILES string of the molecule is O=C(O)CCC(NC(=O)NCCCCCNC(=O)c1ccc(N=NCc2ccc(F)cc2)nc1)C(=O)O. The predicted molar refractivity (Wildman–Crippen MR) is 130 cm³/mol. The Morgan fingerprint density at radius 3 is 2.27 bits per heavy atom. The molecule has 1 aromatic heterocycles. The summed E-state index contributed by atoms with van der Waals surface area (Å²) >= 11 is 0. The Balaban J connectivity index is 1.59. The number of carboxylic acid groups (broad SMARTS) is 2. The molecule has 37 heavy (non-hydrogen) atoms. The zero-order chi connectivity index (χ0) is 27.0. The highest BCUT2D eigenvalue weighted by Crippen LogP contribution is 2.11. The van der Waals surface area contributed by atoms with E-state index in [0.717, 1.165) is 5.56 Å². The Bertz CT molecular complexity index is 1080. The van der Waals surface area contributed by atoms with Crippen molar-refractivity contribution in [2.75, 3.05) is 13.1 Å². The molecule has 1 heterocycles. The lowest BCUT2D eigenvalue weighted by Crippen LogP contribution is -2.46. The Morgan fingerprint density at radius 1 is 0.946 bits per heavy atom. The van der Waals surface area contributed by atoms with Crippen LogP contribution in [0.2, 0.25) is 0 Å². The van der Waals surface area contributed by atoms with Crippen molar-refractivity contribution in [3.63, 3.8) is 0 Å². The van der Waals surface area contributed by atoms with E-state index in [1.165, 1.54) is 18.3 Å². The van der Waals surface area contributed by atoms with Crippen LogP contribution in [0.1, 0.15) is 48.0 Å². The number of halogens is 1. The first-order valence-corrected chi connectivity index (χ1v) is 11.6. The summed E-state index contributed by atoms with van der Waals surface area (Å²) in [5, 5.41) is 33.2. The van der Waals surface area contributed by atoms with Crippen LogP contribution in [0, 0.1) is 5.82 Å². The number of pyridine rings is 1. The fraction of sp³-hybridized carbons (Fsp3) is 0.375. The van der Waals surface area contributed by atoms with Crippen LogP contribution < -0.4 is 16.0 Å². The highest BCUT2D eigenvalue weighted by Gasteiger charge is 2.20. The molecule has 12 nitrogen and oxygen atoms in total. The van der Waals surface area contributed by atoms with Gasteiger partial charge in [-0.25, -0.2) is 19.0 Å². The van der Waals surface area contributed by atoms with Gasteiger partial charge in [0.2, 0.25) is 0 Å². The molecule has 2 rings (SSSR count). The van der Waals surface area contributed by atoms with Gasteiger partial charge in [0.05, 0.1) is 12.1 Å². The average Bonchev–Trinajstić information content (AvgIpc) is 2.87. The van der Waals surface area contributed by atoms with Crippen molar-refractivity contribution in [1.29, 1.82) is 0 Å². The monoisotopic (exact) mass is 516 g/mol. The molecule has 13 heteroatoms. The van der Waals surface area contributed by atoms with Gasteiger partial charge < -0.3 is 26.2 Å². The molecule has 5 N–H and O–H groups in total. The number of carbonyl (C=O) groups excluding carboxylic acids is 2. The first-order chi connectivity index (χ1) is 17.7. The number of unbranched alkanes of at least 4 members (excludes halogenated alkanes) is 2. The normalized spacial score (nSPS) is 11.6. The van der Waals surface area contributed by atoms with Crippen LogP contribution in [0.5, 0.6) is 0 Å². The predicted octanol–water partition coefficient (Wildman–Crippen LogP) is 3.02. The molecule has 1 aromatic carbocycles. The van der Waals surface area contributed by atoms with Crippen molar-refractivity contribution in [3.8, 4) is 0 Å². The van der Waals surface area contributed by atoms with E-state index in [2.05, 4.69) is 31.2 Å². The van der Waals surface area contributed by atoms with Gasteiger partial charge >= 0.3 is 18.0 Å². The van der Waals surface area contributed by atoms with Gasteiger partial charge in [-0.3, -0.25) is 9.59 Å². The molecule has 0 saturated heterocycles. The van der Waals surface area contributed by atoms with Crippen LogP contribution in [0.15, 0.2) is 52.8 Å². The fourth-order valence-electron chi connectivity index (χ4n) is 3.03. The van der Waals surface area contributed by atoms with Gasteiger partial charge in [-0.05, 0) is 55.5 Å². The lowest BCUT2D eigenvalue weighted by Gasteiger charge is -2.14. The van der Waals surface area contributed by atoms with Gasteiger partial charge in [0, 0.05) is 25.7 Å². The van der Waals surface area contributed by atoms with Crippen molar-refractivity contribution in [3.05, 3.63) is 59.5 Å². The maximum atomic E-state index is 12.9. The van der Waals surface area contributed by atoms with Crippen LogP contribution in [0.3, 0.4) is 0 Å². The number of azo groups is 1. The van der Waals surface area contributed by atoms with Crippen molar-refractivity contribution < 1.29 is 33.8 Å². The molecular weight excluding hydrogens is 487 g/mol. The van der Waals surface area contributed by atoms with E-state index in [1.54, 1.807) is 24.3 Å². The third kappa shape index (κ3) is 11.7. The number of aliphatic carboxylic acids is 2. The summed E-state index contributed by atoms with van der Waals surface area (Å²) in [7, 11) is 0. The number of nitrogens with one attached hydrogen (secondary N) is 3. The molecule has 0 spiro atoms. The Labute approximate surface area is 212 Å². The van der Waals surface area contributed by atoms with Crippen molar-refractivity contribution >= 4 is 29.7 Å². The number of carbonyl (C=O) groups is 4. The smallest absolute Gasteiger partial charge is 0.326 e. The van der Waals surface area contributed by atoms with Crippen molar-refractivity contribution in [2.45, 2.75) is 44.7 Å². The molecule has 1 atom stereocenters. The average molecular weight is 517 g/mol. The third-order valence-electron chi connectivity index (χ3n) is 5.02. The number of rotatable bonds is 15. The van der Waals surface area contributed by atoms with Gasteiger partial charge in [0.15, 0.2) is 5.82 Å². The van der Waals surface area contributed by atoms with Crippen molar-refractivity contribution in [2.24, 2.45) is 10.2 Å². The number of aromatic nitrogens is 1. The molecular formula is C24H29FN6O6. The van der Waals surface area contributed by atoms with Crippen molar-refractivity contribution in [1.82, 2.24) is 20.9 Å². The molecule has 0 radical (unpaired) electrons. The summed E-state index contributed by atoms with van der Waals surface area (Å²) in [5.41, 5.74) is 1.17. The second kappa shape index (κ2) is 15.5. The van der Waals surface area contributed by atoms with E-state index in [-0.39, 0.29) is 31.1 Å². The number of hydrogen-bond donors (Lipinski definition) is 5. The van der Waals surface area contributed by atoms with E-state index in [9.17, 15) is 23.6 Å². The topological polar surface area (TPSA) is 182 Å². The first kappa shape index (κ1) is 28.8. The Hall–Kier alpha value is -4.42. The maximum Gasteiger partial charge on any atom is 0.326 e. The molecule has 3 amide bonds. The van der Waals surface area contributed by atoms with E-state index in [1.807, 2.05) is 0 Å². The van der Waals surface area contributed by atoms with E-state index < -0.39 is 24.0 Å². The third-order valence-corrected chi connectivity index (χ3v) is 5.02. The quantitative estimate of drug-likeness (QED) is 0.178. The second-order valence-corrected chi connectivity index (χ2v) is 7.97. The number of hydrogen-bond acceptors (Lipinski definition) is 7. The molecule has 0 saturated carbocycles. The summed E-state index contributed by atoms with van der Waals surface area (Å²) in [6, 6.07) is 7.11.